The minimum Gasteiger partial charge on any atom is -0.450 e. The fraction of sp³-hybridized carbons (Fsp3) is 0.321. The number of aromatic amines is 1. The number of rotatable bonds is 6. The van der Waals surface area contributed by atoms with Crippen molar-refractivity contribution in [2.75, 3.05) is 12.3 Å². The van der Waals surface area contributed by atoms with Gasteiger partial charge in [0.25, 0.3) is 0 Å². The summed E-state index contributed by atoms with van der Waals surface area (Å²) in [6.45, 7) is 2.17. The predicted molar refractivity (Wildman–Crippen MR) is 146 cm³/mol. The van der Waals surface area contributed by atoms with Crippen LogP contribution in [0.1, 0.15) is 50.0 Å². The first-order chi connectivity index (χ1) is 18.6. The maximum atomic E-state index is 11.8. The summed E-state index contributed by atoms with van der Waals surface area (Å²) >= 11 is 0. The summed E-state index contributed by atoms with van der Waals surface area (Å²) in [7, 11) is 0. The summed E-state index contributed by atoms with van der Waals surface area (Å²) in [5, 5.41) is 8.74. The lowest BCUT2D eigenvalue weighted by Gasteiger charge is -2.29. The van der Waals surface area contributed by atoms with Crippen molar-refractivity contribution >= 4 is 34.0 Å². The van der Waals surface area contributed by atoms with Gasteiger partial charge < -0.3 is 20.8 Å². The average Bonchev–Trinajstić information content (AvgIpc) is 3.51. The van der Waals surface area contributed by atoms with Gasteiger partial charge in [0, 0.05) is 18.0 Å². The number of anilines is 1. The SMILES string of the molecule is CCOC(=O)NC1CCC(n2nc(-c3ccc4nc(Cc5ccccc5)[nH]c4c3)c3c(N)ncnc32)CC1. The molecule has 3 heterocycles. The number of nitrogens with zero attached hydrogens (tertiary/aromatic N) is 5. The number of hydrogen-bond donors (Lipinski definition) is 3. The number of imidazole rings is 1. The number of nitrogen functional groups attached to an aromatic ring is 1. The van der Waals surface area contributed by atoms with Crippen molar-refractivity contribution in [2.45, 2.75) is 51.1 Å². The molecule has 0 aliphatic heterocycles. The molecular weight excluding hydrogens is 480 g/mol. The van der Waals surface area contributed by atoms with E-state index in [4.69, 9.17) is 20.6 Å². The first kappa shape index (κ1) is 23.9. The number of fused-ring (bicyclic) bond motifs is 2. The first-order valence-corrected chi connectivity index (χ1v) is 13.0. The molecule has 1 aliphatic rings. The highest BCUT2D eigenvalue weighted by molar-refractivity contribution is 5.99. The third-order valence-corrected chi connectivity index (χ3v) is 7.18. The van der Waals surface area contributed by atoms with Gasteiger partial charge in [-0.15, -0.1) is 0 Å². The van der Waals surface area contributed by atoms with E-state index in [1.165, 1.54) is 11.9 Å². The Balaban J connectivity index is 1.29. The van der Waals surface area contributed by atoms with Crippen LogP contribution >= 0.6 is 0 Å². The van der Waals surface area contributed by atoms with E-state index in [1.54, 1.807) is 6.92 Å². The lowest BCUT2D eigenvalue weighted by atomic mass is 9.91. The Labute approximate surface area is 219 Å². The number of aromatic nitrogens is 6. The zero-order chi connectivity index (χ0) is 26.1. The first-order valence-electron chi connectivity index (χ1n) is 13.0. The van der Waals surface area contributed by atoms with Gasteiger partial charge in [-0.2, -0.15) is 5.10 Å². The minimum atomic E-state index is -0.357. The molecular formula is C28H30N8O2. The van der Waals surface area contributed by atoms with Crippen LogP contribution < -0.4 is 11.1 Å². The van der Waals surface area contributed by atoms with Gasteiger partial charge in [0.1, 0.15) is 23.7 Å². The second kappa shape index (κ2) is 10.1. The Morgan fingerprint density at radius 1 is 1.13 bits per heavy atom. The van der Waals surface area contributed by atoms with Crippen molar-refractivity contribution in [1.29, 1.82) is 0 Å². The van der Waals surface area contributed by atoms with Crippen LogP contribution in [0.5, 0.6) is 0 Å². The Kier molecular flexibility index (Phi) is 6.36. The van der Waals surface area contributed by atoms with E-state index < -0.39 is 0 Å². The smallest absolute Gasteiger partial charge is 0.407 e. The van der Waals surface area contributed by atoms with Crippen LogP contribution in [0.3, 0.4) is 0 Å². The molecule has 38 heavy (non-hydrogen) atoms. The average molecular weight is 511 g/mol. The number of ether oxygens (including phenoxy) is 1. The molecule has 0 saturated heterocycles. The third-order valence-electron chi connectivity index (χ3n) is 7.18. The number of nitrogens with one attached hydrogen (secondary N) is 2. The zero-order valence-corrected chi connectivity index (χ0v) is 21.2. The van der Waals surface area contributed by atoms with E-state index in [2.05, 4.69) is 38.5 Å². The molecule has 1 amide bonds. The van der Waals surface area contributed by atoms with E-state index in [0.29, 0.717) is 12.4 Å². The molecule has 0 radical (unpaired) electrons. The molecule has 6 rings (SSSR count). The largest absolute Gasteiger partial charge is 0.450 e. The normalized spacial score (nSPS) is 17.6. The molecule has 10 heteroatoms. The lowest BCUT2D eigenvalue weighted by molar-refractivity contribution is 0.143. The Hall–Kier alpha value is -4.47. The van der Waals surface area contributed by atoms with Gasteiger partial charge in [-0.3, -0.25) is 0 Å². The van der Waals surface area contributed by atoms with Crippen LogP contribution in [-0.2, 0) is 11.2 Å². The van der Waals surface area contributed by atoms with Crippen LogP contribution in [0.15, 0.2) is 54.9 Å². The topological polar surface area (TPSA) is 137 Å². The van der Waals surface area contributed by atoms with Crippen molar-refractivity contribution in [3.63, 3.8) is 0 Å². The summed E-state index contributed by atoms with van der Waals surface area (Å²) < 4.78 is 7.02. The van der Waals surface area contributed by atoms with Crippen molar-refractivity contribution < 1.29 is 9.53 Å². The fourth-order valence-corrected chi connectivity index (χ4v) is 5.34. The maximum Gasteiger partial charge on any atom is 0.407 e. The maximum absolute atomic E-state index is 11.8. The monoisotopic (exact) mass is 510 g/mol. The van der Waals surface area contributed by atoms with E-state index in [9.17, 15) is 4.79 Å². The molecule has 2 aromatic carbocycles. The molecule has 1 saturated carbocycles. The third kappa shape index (κ3) is 4.65. The summed E-state index contributed by atoms with van der Waals surface area (Å²) in [5.41, 5.74) is 11.8. The Morgan fingerprint density at radius 2 is 1.95 bits per heavy atom. The van der Waals surface area contributed by atoms with Crippen molar-refractivity contribution in [2.24, 2.45) is 0 Å². The molecule has 0 atom stereocenters. The molecule has 194 valence electrons. The molecule has 0 unspecified atom stereocenters. The second-order valence-corrected chi connectivity index (χ2v) is 9.70. The van der Waals surface area contributed by atoms with E-state index >= 15 is 0 Å². The van der Waals surface area contributed by atoms with E-state index in [-0.39, 0.29) is 18.2 Å². The summed E-state index contributed by atoms with van der Waals surface area (Å²) in [4.78, 5) is 28.9. The summed E-state index contributed by atoms with van der Waals surface area (Å²) in [5.74, 6) is 1.32. The van der Waals surface area contributed by atoms with E-state index in [0.717, 1.165) is 71.3 Å². The Morgan fingerprint density at radius 3 is 2.74 bits per heavy atom. The fourth-order valence-electron chi connectivity index (χ4n) is 5.34. The van der Waals surface area contributed by atoms with Crippen molar-refractivity contribution in [3.05, 3.63) is 66.2 Å². The van der Waals surface area contributed by atoms with Gasteiger partial charge in [0.05, 0.1) is 29.1 Å². The van der Waals surface area contributed by atoms with Crippen LogP contribution in [0, 0.1) is 0 Å². The molecule has 10 nitrogen and oxygen atoms in total. The number of hydrogen-bond acceptors (Lipinski definition) is 7. The van der Waals surface area contributed by atoms with Crippen LogP contribution in [-0.4, -0.2) is 48.5 Å². The molecule has 1 fully saturated rings. The summed E-state index contributed by atoms with van der Waals surface area (Å²) in [6.07, 6.45) is 5.26. The number of carbonyl (C=O) groups excluding carboxylic acids is 1. The molecule has 4 N–H and O–H groups in total. The zero-order valence-electron chi connectivity index (χ0n) is 21.2. The molecule has 0 bridgehead atoms. The predicted octanol–water partition coefficient (Wildman–Crippen LogP) is 4.77. The number of nitrogens with two attached hydrogens (primary N) is 1. The minimum absolute atomic E-state index is 0.0964. The van der Waals surface area contributed by atoms with Crippen molar-refractivity contribution in [1.82, 2.24) is 35.0 Å². The molecule has 0 spiro atoms. The van der Waals surface area contributed by atoms with Gasteiger partial charge in [0.2, 0.25) is 0 Å². The van der Waals surface area contributed by atoms with Crippen LogP contribution in [0.25, 0.3) is 33.3 Å². The van der Waals surface area contributed by atoms with Crippen LogP contribution in [0.2, 0.25) is 0 Å². The van der Waals surface area contributed by atoms with Gasteiger partial charge >= 0.3 is 6.09 Å². The van der Waals surface area contributed by atoms with Crippen LogP contribution in [0.4, 0.5) is 10.6 Å². The van der Waals surface area contributed by atoms with E-state index in [1.807, 2.05) is 35.0 Å². The second-order valence-electron chi connectivity index (χ2n) is 9.70. The van der Waals surface area contributed by atoms with Gasteiger partial charge in [-0.05, 0) is 50.3 Å². The highest BCUT2D eigenvalue weighted by Crippen LogP contribution is 2.36. The number of amides is 1. The number of carbonyl (C=O) groups is 1. The quantitative estimate of drug-likeness (QED) is 0.299. The number of benzene rings is 2. The summed E-state index contributed by atoms with van der Waals surface area (Å²) in [6, 6.07) is 16.6. The highest BCUT2D eigenvalue weighted by atomic mass is 16.5. The van der Waals surface area contributed by atoms with Crippen molar-refractivity contribution in [3.8, 4) is 11.3 Å². The highest BCUT2D eigenvalue weighted by Gasteiger charge is 2.28. The van der Waals surface area contributed by atoms with Gasteiger partial charge in [-0.25, -0.2) is 24.4 Å². The molecule has 3 aromatic heterocycles. The molecule has 1 aliphatic carbocycles. The van der Waals surface area contributed by atoms with Gasteiger partial charge in [-0.1, -0.05) is 36.4 Å². The standard InChI is InChI=1S/C28H30N8O2/c1-2-38-28(37)32-19-9-11-20(12-10-19)36-27-24(26(29)30-16-31-27)25(35-36)18-8-13-21-22(15-18)34-23(33-21)14-17-6-4-3-5-7-17/h3-8,13,15-16,19-20H,2,9-12,14H2,1H3,(H,32,37)(H,33,34)(H2,29,30,31). The number of alkyl carbamates (subject to hydrolysis) is 1. The number of H-pyrrole nitrogens is 1. The molecule has 5 aromatic rings. The van der Waals surface area contributed by atoms with Gasteiger partial charge in [0.15, 0.2) is 5.65 Å². The Bertz CT molecular complexity index is 1590. The lowest BCUT2D eigenvalue weighted by Crippen LogP contribution is -2.38.